The van der Waals surface area contributed by atoms with E-state index in [9.17, 15) is 4.79 Å². The molecule has 0 aliphatic heterocycles. The summed E-state index contributed by atoms with van der Waals surface area (Å²) in [7, 11) is 0. The SMILES string of the molecule is Cc1ccc(-c2nnn(CC(=O)Nc3cccc4ccccc34)n2)c(-n2cnnn2)c1. The molecule has 0 radical (unpaired) electrons. The quantitative estimate of drug-likeness (QED) is 0.472. The Balaban J connectivity index is 1.38. The number of carbonyl (C=O) groups excluding carboxylic acids is 1. The summed E-state index contributed by atoms with van der Waals surface area (Å²) in [6, 6.07) is 19.4. The van der Waals surface area contributed by atoms with Crippen molar-refractivity contribution in [2.24, 2.45) is 0 Å². The van der Waals surface area contributed by atoms with Crippen LogP contribution in [-0.2, 0) is 11.3 Å². The fourth-order valence-corrected chi connectivity index (χ4v) is 3.36. The molecule has 0 spiro atoms. The van der Waals surface area contributed by atoms with Gasteiger partial charge in [0.25, 0.3) is 0 Å². The first-order valence-electron chi connectivity index (χ1n) is 9.57. The Morgan fingerprint density at radius 2 is 1.90 bits per heavy atom. The molecule has 1 N–H and O–H groups in total. The number of aryl methyl sites for hydroxylation is 1. The second-order valence-electron chi connectivity index (χ2n) is 6.99. The third-order valence-corrected chi connectivity index (χ3v) is 4.79. The van der Waals surface area contributed by atoms with Crippen LogP contribution in [0.4, 0.5) is 5.69 Å². The molecule has 2 heterocycles. The standard InChI is InChI=1S/C21H17N9O/c1-14-9-10-17(19(11-14)29-13-22-26-28-29)21-24-27-30(25-21)12-20(31)23-18-8-4-6-15-5-2-3-7-16(15)18/h2-11,13H,12H2,1H3,(H,23,31). The molecule has 0 bridgehead atoms. The maximum Gasteiger partial charge on any atom is 0.248 e. The van der Waals surface area contributed by atoms with Crippen LogP contribution in [0.1, 0.15) is 5.56 Å². The van der Waals surface area contributed by atoms with Gasteiger partial charge in [-0.3, -0.25) is 4.79 Å². The van der Waals surface area contributed by atoms with Crippen molar-refractivity contribution in [2.75, 3.05) is 5.32 Å². The first kappa shape index (κ1) is 18.6. The van der Waals surface area contributed by atoms with E-state index in [0.717, 1.165) is 27.7 Å². The monoisotopic (exact) mass is 411 g/mol. The highest BCUT2D eigenvalue weighted by atomic mass is 16.2. The van der Waals surface area contributed by atoms with Crippen molar-refractivity contribution in [1.82, 2.24) is 40.4 Å². The molecule has 3 aromatic carbocycles. The predicted octanol–water partition coefficient (Wildman–Crippen LogP) is 2.42. The van der Waals surface area contributed by atoms with Crippen LogP contribution >= 0.6 is 0 Å². The van der Waals surface area contributed by atoms with E-state index in [0.29, 0.717) is 11.4 Å². The summed E-state index contributed by atoms with van der Waals surface area (Å²) < 4.78 is 1.54. The normalized spacial score (nSPS) is 11.0. The summed E-state index contributed by atoms with van der Waals surface area (Å²) in [5.74, 6) is 0.133. The molecular formula is C21H17N9O. The van der Waals surface area contributed by atoms with Crippen molar-refractivity contribution in [3.63, 3.8) is 0 Å². The van der Waals surface area contributed by atoms with Gasteiger partial charge in [-0.05, 0) is 51.7 Å². The number of nitrogens with one attached hydrogen (secondary N) is 1. The number of amides is 1. The third-order valence-electron chi connectivity index (χ3n) is 4.79. The van der Waals surface area contributed by atoms with Crippen molar-refractivity contribution in [1.29, 1.82) is 0 Å². The van der Waals surface area contributed by atoms with Gasteiger partial charge in [0.15, 0.2) is 0 Å². The Morgan fingerprint density at radius 1 is 1.03 bits per heavy atom. The van der Waals surface area contributed by atoms with Gasteiger partial charge in [0.1, 0.15) is 12.9 Å². The summed E-state index contributed by atoms with van der Waals surface area (Å²) in [6.07, 6.45) is 1.50. The number of nitrogens with zero attached hydrogens (tertiary/aromatic N) is 8. The minimum atomic E-state index is -0.245. The van der Waals surface area contributed by atoms with Gasteiger partial charge in [-0.15, -0.1) is 15.3 Å². The van der Waals surface area contributed by atoms with E-state index in [1.54, 1.807) is 0 Å². The van der Waals surface area contributed by atoms with Crippen LogP contribution in [0.5, 0.6) is 0 Å². The van der Waals surface area contributed by atoms with Gasteiger partial charge in [0.05, 0.1) is 5.69 Å². The Labute approximate surface area is 176 Å². The third kappa shape index (κ3) is 3.73. The van der Waals surface area contributed by atoms with Crippen LogP contribution < -0.4 is 5.32 Å². The van der Waals surface area contributed by atoms with Gasteiger partial charge in [-0.25, -0.2) is 0 Å². The molecular weight excluding hydrogens is 394 g/mol. The summed E-state index contributed by atoms with van der Waals surface area (Å²) in [4.78, 5) is 13.9. The average Bonchev–Trinajstić information content (AvgIpc) is 3.46. The molecule has 0 saturated heterocycles. The minimum Gasteiger partial charge on any atom is -0.324 e. The van der Waals surface area contributed by atoms with E-state index >= 15 is 0 Å². The van der Waals surface area contributed by atoms with Gasteiger partial charge in [0, 0.05) is 16.6 Å². The van der Waals surface area contributed by atoms with Gasteiger partial charge >= 0.3 is 0 Å². The zero-order chi connectivity index (χ0) is 21.2. The second-order valence-corrected chi connectivity index (χ2v) is 6.99. The number of hydrogen-bond donors (Lipinski definition) is 1. The van der Waals surface area contributed by atoms with E-state index in [1.165, 1.54) is 15.8 Å². The van der Waals surface area contributed by atoms with Gasteiger partial charge < -0.3 is 5.32 Å². The number of anilines is 1. The van der Waals surface area contributed by atoms with Crippen molar-refractivity contribution in [2.45, 2.75) is 13.5 Å². The van der Waals surface area contributed by atoms with Crippen LogP contribution in [0.2, 0.25) is 0 Å². The molecule has 0 saturated carbocycles. The molecule has 0 unspecified atom stereocenters. The van der Waals surface area contributed by atoms with E-state index < -0.39 is 0 Å². The van der Waals surface area contributed by atoms with E-state index in [4.69, 9.17) is 0 Å². The Kier molecular flexibility index (Phi) is 4.64. The summed E-state index contributed by atoms with van der Waals surface area (Å²) >= 11 is 0. The summed E-state index contributed by atoms with van der Waals surface area (Å²) in [5.41, 5.74) is 3.21. The first-order chi connectivity index (χ1) is 15.2. The predicted molar refractivity (Wildman–Crippen MR) is 113 cm³/mol. The molecule has 5 aromatic rings. The molecule has 5 rings (SSSR count). The van der Waals surface area contributed by atoms with E-state index in [1.807, 2.05) is 67.6 Å². The molecule has 2 aromatic heterocycles. The van der Waals surface area contributed by atoms with E-state index in [-0.39, 0.29) is 12.5 Å². The Morgan fingerprint density at radius 3 is 2.77 bits per heavy atom. The maximum atomic E-state index is 12.6. The van der Waals surface area contributed by atoms with Crippen LogP contribution in [0.25, 0.3) is 27.8 Å². The topological polar surface area (TPSA) is 116 Å². The lowest BCUT2D eigenvalue weighted by molar-refractivity contribution is -0.117. The van der Waals surface area contributed by atoms with Crippen LogP contribution in [0, 0.1) is 6.92 Å². The molecule has 0 aliphatic carbocycles. The molecule has 0 fully saturated rings. The molecule has 31 heavy (non-hydrogen) atoms. The fourth-order valence-electron chi connectivity index (χ4n) is 3.36. The average molecular weight is 411 g/mol. The molecule has 152 valence electrons. The van der Waals surface area contributed by atoms with Gasteiger partial charge in [0.2, 0.25) is 11.7 Å². The van der Waals surface area contributed by atoms with Crippen molar-refractivity contribution >= 4 is 22.4 Å². The highest BCUT2D eigenvalue weighted by Crippen LogP contribution is 2.24. The number of carbonyl (C=O) groups is 1. The molecule has 10 heteroatoms. The maximum absolute atomic E-state index is 12.6. The summed E-state index contributed by atoms with van der Waals surface area (Å²) in [5, 5.41) is 28.8. The lowest BCUT2D eigenvalue weighted by atomic mass is 10.1. The smallest absolute Gasteiger partial charge is 0.248 e. The Hall–Kier alpha value is -4.47. The number of tetrazole rings is 2. The van der Waals surface area contributed by atoms with Crippen molar-refractivity contribution in [3.8, 4) is 17.1 Å². The van der Waals surface area contributed by atoms with E-state index in [2.05, 4.69) is 36.3 Å². The second kappa shape index (κ2) is 7.75. The fraction of sp³-hybridized carbons (Fsp3) is 0.0952. The van der Waals surface area contributed by atoms with Gasteiger partial charge in [-0.1, -0.05) is 42.5 Å². The molecule has 10 nitrogen and oxygen atoms in total. The van der Waals surface area contributed by atoms with Crippen LogP contribution in [0.15, 0.2) is 67.0 Å². The van der Waals surface area contributed by atoms with Crippen LogP contribution in [-0.4, -0.2) is 46.3 Å². The first-order valence-corrected chi connectivity index (χ1v) is 9.57. The van der Waals surface area contributed by atoms with Crippen LogP contribution in [0.3, 0.4) is 0 Å². The highest BCUT2D eigenvalue weighted by molar-refractivity contribution is 6.01. The number of hydrogen-bond acceptors (Lipinski definition) is 7. The lowest BCUT2D eigenvalue weighted by Crippen LogP contribution is -2.20. The minimum absolute atomic E-state index is 0.0672. The zero-order valence-electron chi connectivity index (χ0n) is 16.5. The molecule has 0 atom stereocenters. The van der Waals surface area contributed by atoms with Gasteiger partial charge in [-0.2, -0.15) is 9.48 Å². The molecule has 1 amide bonds. The van der Waals surface area contributed by atoms with Crippen molar-refractivity contribution in [3.05, 3.63) is 72.6 Å². The zero-order valence-corrected chi connectivity index (χ0v) is 16.5. The highest BCUT2D eigenvalue weighted by Gasteiger charge is 2.15. The number of benzene rings is 3. The summed E-state index contributed by atoms with van der Waals surface area (Å²) in [6.45, 7) is 1.90. The number of fused-ring (bicyclic) bond motifs is 1. The molecule has 0 aliphatic rings. The Bertz CT molecular complexity index is 1370. The lowest BCUT2D eigenvalue weighted by Gasteiger charge is -2.08. The largest absolute Gasteiger partial charge is 0.324 e. The van der Waals surface area contributed by atoms with Crippen molar-refractivity contribution < 1.29 is 4.79 Å². The number of rotatable bonds is 5. The number of aromatic nitrogens is 8.